The molecule has 0 radical (unpaired) electrons. The summed E-state index contributed by atoms with van der Waals surface area (Å²) >= 11 is 0. The van der Waals surface area contributed by atoms with Crippen LogP contribution < -0.4 is 9.80 Å². The third-order valence-corrected chi connectivity index (χ3v) is 7.44. The van der Waals surface area contributed by atoms with Gasteiger partial charge in [0.05, 0.1) is 19.1 Å². The number of aromatic nitrogens is 1. The van der Waals surface area contributed by atoms with E-state index in [9.17, 15) is 0 Å². The largest absolute Gasteiger partial charge is 0.364 e. The lowest BCUT2D eigenvalue weighted by Gasteiger charge is -2.39. The smallest absolute Gasteiger partial charge is 0.104 e. The van der Waals surface area contributed by atoms with E-state index in [-0.39, 0.29) is 0 Å². The number of nitrogens with one attached hydrogen (secondary N) is 2. The summed E-state index contributed by atoms with van der Waals surface area (Å²) < 4.78 is 8.40. The van der Waals surface area contributed by atoms with Crippen LogP contribution in [0.3, 0.4) is 0 Å². The van der Waals surface area contributed by atoms with Crippen molar-refractivity contribution in [1.29, 1.82) is 0 Å². The van der Waals surface area contributed by atoms with E-state index in [4.69, 9.17) is 4.74 Å². The van der Waals surface area contributed by atoms with E-state index in [0.29, 0.717) is 12.2 Å². The van der Waals surface area contributed by atoms with Crippen molar-refractivity contribution < 1.29 is 14.5 Å². The molecule has 3 aromatic rings. The monoisotopic (exact) mass is 407 g/mol. The first kappa shape index (κ1) is 20.0. The van der Waals surface area contributed by atoms with Gasteiger partial charge in [0.1, 0.15) is 31.8 Å². The third kappa shape index (κ3) is 3.77. The van der Waals surface area contributed by atoms with Gasteiger partial charge in [0.25, 0.3) is 0 Å². The van der Waals surface area contributed by atoms with Gasteiger partial charge in [-0.1, -0.05) is 24.3 Å². The van der Waals surface area contributed by atoms with Crippen LogP contribution in [0.25, 0.3) is 21.8 Å². The van der Waals surface area contributed by atoms with Crippen LogP contribution in [0.2, 0.25) is 0 Å². The second-order valence-corrected chi connectivity index (χ2v) is 9.64. The molecule has 4 heteroatoms. The molecular weight excluding hydrogens is 370 g/mol. The lowest BCUT2D eigenvalue weighted by atomic mass is 10.0. The van der Waals surface area contributed by atoms with Crippen LogP contribution in [0.4, 0.5) is 0 Å². The minimum atomic E-state index is 0.408. The first-order valence-electron chi connectivity index (χ1n) is 12.0. The Labute approximate surface area is 180 Å². The summed E-state index contributed by atoms with van der Waals surface area (Å²) in [4.78, 5) is 3.53. The molecule has 160 valence electrons. The van der Waals surface area contributed by atoms with Crippen molar-refractivity contribution in [2.24, 2.45) is 0 Å². The van der Waals surface area contributed by atoms with Crippen LogP contribution in [-0.2, 0) is 17.8 Å². The highest BCUT2D eigenvalue weighted by Crippen LogP contribution is 2.29. The molecule has 2 N–H and O–H groups in total. The average Bonchev–Trinajstić information content (AvgIpc) is 3.07. The van der Waals surface area contributed by atoms with E-state index in [2.05, 4.69) is 67.8 Å². The molecule has 1 aromatic heterocycles. The first-order valence-corrected chi connectivity index (χ1v) is 12.0. The summed E-state index contributed by atoms with van der Waals surface area (Å²) in [5.41, 5.74) is 4.21. The van der Waals surface area contributed by atoms with Crippen molar-refractivity contribution in [3.05, 3.63) is 48.0 Å². The molecule has 2 fully saturated rings. The number of likely N-dealkylation sites (tertiary alicyclic amines) is 1. The van der Waals surface area contributed by atoms with Gasteiger partial charge < -0.3 is 19.1 Å². The van der Waals surface area contributed by atoms with Gasteiger partial charge in [-0.25, -0.2) is 0 Å². The maximum absolute atomic E-state index is 5.96. The Bertz CT molecular complexity index is 1010. The lowest BCUT2D eigenvalue weighted by Crippen LogP contribution is -3.22. The summed E-state index contributed by atoms with van der Waals surface area (Å²) in [6.07, 6.45) is 3.51. The zero-order chi connectivity index (χ0) is 20.7. The molecule has 3 heterocycles. The fourth-order valence-corrected chi connectivity index (χ4v) is 6.10. The van der Waals surface area contributed by atoms with Crippen LogP contribution in [0, 0.1) is 0 Å². The molecule has 0 bridgehead atoms. The summed E-state index contributed by atoms with van der Waals surface area (Å²) in [5.74, 6) is 0. The van der Waals surface area contributed by atoms with Crippen molar-refractivity contribution in [2.45, 2.75) is 65.0 Å². The van der Waals surface area contributed by atoms with Gasteiger partial charge in [-0.05, 0) is 39.0 Å². The number of ether oxygens (including phenoxy) is 1. The number of quaternary nitrogens is 2. The zero-order valence-corrected chi connectivity index (χ0v) is 18.8. The average molecular weight is 408 g/mol. The second kappa shape index (κ2) is 8.33. The summed E-state index contributed by atoms with van der Waals surface area (Å²) in [6, 6.07) is 16.8. The molecule has 2 aromatic carbocycles. The Kier molecular flexibility index (Phi) is 5.57. The van der Waals surface area contributed by atoms with Crippen molar-refractivity contribution in [3.63, 3.8) is 0 Å². The zero-order valence-electron chi connectivity index (χ0n) is 18.8. The number of nitrogens with zero attached hydrogens (tertiary/aromatic N) is 1. The molecule has 0 spiro atoms. The van der Waals surface area contributed by atoms with Crippen molar-refractivity contribution >= 4 is 21.8 Å². The van der Waals surface area contributed by atoms with Crippen molar-refractivity contribution in [2.75, 3.05) is 26.2 Å². The SMILES string of the molecule is CCn1c2ccccc2c2cc(C[NH+]3CCC([NH+]4C[C@H](C)O[C@@H](C)C4)CC3)ccc21. The maximum Gasteiger partial charge on any atom is 0.104 e. The highest BCUT2D eigenvalue weighted by Gasteiger charge is 2.35. The molecule has 0 amide bonds. The number of fused-ring (bicyclic) bond motifs is 3. The molecule has 0 aliphatic carbocycles. The molecule has 2 aliphatic rings. The quantitative estimate of drug-likeness (QED) is 0.679. The Hall–Kier alpha value is -1.88. The van der Waals surface area contributed by atoms with Gasteiger partial charge in [-0.2, -0.15) is 0 Å². The van der Waals surface area contributed by atoms with Gasteiger partial charge in [-0.3, -0.25) is 0 Å². The van der Waals surface area contributed by atoms with Gasteiger partial charge >= 0.3 is 0 Å². The summed E-state index contributed by atoms with van der Waals surface area (Å²) in [7, 11) is 0. The van der Waals surface area contributed by atoms with Crippen LogP contribution in [-0.4, -0.2) is 49.0 Å². The molecule has 0 saturated carbocycles. The van der Waals surface area contributed by atoms with Gasteiger partial charge in [-0.15, -0.1) is 0 Å². The molecule has 4 nitrogen and oxygen atoms in total. The minimum absolute atomic E-state index is 0.408. The predicted octanol–water partition coefficient (Wildman–Crippen LogP) is 2.05. The highest BCUT2D eigenvalue weighted by molar-refractivity contribution is 6.08. The van der Waals surface area contributed by atoms with E-state index in [1.165, 1.54) is 66.4 Å². The lowest BCUT2D eigenvalue weighted by molar-refractivity contribution is -0.970. The number of hydrogen-bond donors (Lipinski definition) is 2. The standard InChI is InChI=1S/C26H35N3O/c1-4-29-25-8-6-5-7-23(25)24-15-21(9-10-26(24)29)18-27-13-11-22(12-14-27)28-16-19(2)30-20(3)17-28/h5-10,15,19-20,22H,4,11-14,16-18H2,1-3H3/p+2/t19-,20-/m0/s1. The van der Waals surface area contributed by atoms with Crippen LogP contribution >= 0.6 is 0 Å². The third-order valence-electron chi connectivity index (χ3n) is 7.44. The number of hydrogen-bond acceptors (Lipinski definition) is 1. The fraction of sp³-hybridized carbons (Fsp3) is 0.538. The highest BCUT2D eigenvalue weighted by atomic mass is 16.5. The summed E-state index contributed by atoms with van der Waals surface area (Å²) in [6.45, 7) is 13.8. The van der Waals surface area contributed by atoms with Crippen LogP contribution in [0.5, 0.6) is 0 Å². The van der Waals surface area contributed by atoms with E-state index in [1.54, 1.807) is 9.80 Å². The number of piperidine rings is 1. The first-order chi connectivity index (χ1) is 14.6. The Morgan fingerprint density at radius 3 is 2.37 bits per heavy atom. The Balaban J connectivity index is 1.28. The topological polar surface area (TPSA) is 23.0 Å². The van der Waals surface area contributed by atoms with E-state index in [1.807, 2.05) is 0 Å². The second-order valence-electron chi connectivity index (χ2n) is 9.64. The summed E-state index contributed by atoms with van der Waals surface area (Å²) in [5, 5.41) is 2.81. The fourth-order valence-electron chi connectivity index (χ4n) is 6.10. The van der Waals surface area contributed by atoms with E-state index < -0.39 is 0 Å². The molecule has 2 saturated heterocycles. The molecule has 5 rings (SSSR count). The molecule has 30 heavy (non-hydrogen) atoms. The van der Waals surface area contributed by atoms with Crippen LogP contribution in [0.1, 0.15) is 39.2 Å². The van der Waals surface area contributed by atoms with Gasteiger partial charge in [0.2, 0.25) is 0 Å². The Morgan fingerprint density at radius 2 is 1.63 bits per heavy atom. The van der Waals surface area contributed by atoms with E-state index in [0.717, 1.165) is 19.1 Å². The number of morpholine rings is 1. The number of para-hydroxylation sites is 1. The van der Waals surface area contributed by atoms with Crippen LogP contribution in [0.15, 0.2) is 42.5 Å². The number of rotatable bonds is 4. The van der Waals surface area contributed by atoms with Gasteiger partial charge in [0, 0.05) is 46.8 Å². The normalized spacial score (nSPS) is 30.2. The maximum atomic E-state index is 5.96. The predicted molar refractivity (Wildman–Crippen MR) is 123 cm³/mol. The van der Waals surface area contributed by atoms with Gasteiger partial charge in [0.15, 0.2) is 0 Å². The molecule has 0 unspecified atom stereocenters. The molecule has 2 atom stereocenters. The molecule has 2 aliphatic heterocycles. The van der Waals surface area contributed by atoms with E-state index >= 15 is 0 Å². The molecular formula is C26H37N3O+2. The Morgan fingerprint density at radius 1 is 0.933 bits per heavy atom. The number of benzene rings is 2. The van der Waals surface area contributed by atoms with Crippen molar-refractivity contribution in [3.8, 4) is 0 Å². The van der Waals surface area contributed by atoms with Crippen molar-refractivity contribution in [1.82, 2.24) is 4.57 Å². The minimum Gasteiger partial charge on any atom is -0.364 e. The number of aryl methyl sites for hydroxylation is 1.